The topological polar surface area (TPSA) is 66.2 Å². The van der Waals surface area contributed by atoms with Crippen LogP contribution in [0.1, 0.15) is 39.0 Å². The number of carbonyl (C=O) groups is 1. The first kappa shape index (κ1) is 18.8. The van der Waals surface area contributed by atoms with Crippen molar-refractivity contribution in [1.29, 1.82) is 0 Å². The lowest BCUT2D eigenvalue weighted by Gasteiger charge is -2.21. The standard InChI is InChI=1S/C19H25N3O3S/c1-3-22-18(14-9-11-15(24-2)12-10-14)20-21-19(22)26-13-17(23)25-16-7-5-4-6-8-16/h9-12,16H,3-8,13H2,1-2H3. The maximum atomic E-state index is 12.1. The zero-order chi connectivity index (χ0) is 18.4. The second-order valence-corrected chi connectivity index (χ2v) is 7.26. The van der Waals surface area contributed by atoms with E-state index in [-0.39, 0.29) is 17.8 Å². The van der Waals surface area contributed by atoms with Crippen LogP contribution >= 0.6 is 11.8 Å². The van der Waals surface area contributed by atoms with Crippen molar-refractivity contribution in [3.8, 4) is 17.1 Å². The summed E-state index contributed by atoms with van der Waals surface area (Å²) in [6, 6.07) is 7.72. The van der Waals surface area contributed by atoms with E-state index in [0.29, 0.717) is 0 Å². The Morgan fingerprint density at radius 2 is 1.92 bits per heavy atom. The number of thioether (sulfide) groups is 1. The molecule has 1 fully saturated rings. The number of hydrogen-bond acceptors (Lipinski definition) is 6. The molecule has 26 heavy (non-hydrogen) atoms. The van der Waals surface area contributed by atoms with E-state index < -0.39 is 0 Å². The molecule has 0 aliphatic heterocycles. The molecule has 0 spiro atoms. The summed E-state index contributed by atoms with van der Waals surface area (Å²) in [5, 5.41) is 9.30. The number of aromatic nitrogens is 3. The molecule has 2 aromatic rings. The molecule has 0 unspecified atom stereocenters. The van der Waals surface area contributed by atoms with Gasteiger partial charge in [-0.2, -0.15) is 0 Å². The third-order valence-corrected chi connectivity index (χ3v) is 5.49. The summed E-state index contributed by atoms with van der Waals surface area (Å²) < 4.78 is 12.8. The fraction of sp³-hybridized carbons (Fsp3) is 0.526. The Hall–Kier alpha value is -2.02. The lowest BCUT2D eigenvalue weighted by Crippen LogP contribution is -2.22. The highest BCUT2D eigenvalue weighted by Gasteiger charge is 2.19. The molecule has 1 aromatic heterocycles. The molecular weight excluding hydrogens is 350 g/mol. The molecule has 1 heterocycles. The van der Waals surface area contributed by atoms with E-state index in [0.717, 1.165) is 54.5 Å². The van der Waals surface area contributed by atoms with Gasteiger partial charge in [0.1, 0.15) is 11.9 Å². The molecule has 0 atom stereocenters. The van der Waals surface area contributed by atoms with Gasteiger partial charge in [-0.15, -0.1) is 10.2 Å². The number of methoxy groups -OCH3 is 1. The number of carbonyl (C=O) groups excluding carboxylic acids is 1. The molecule has 0 amide bonds. The van der Waals surface area contributed by atoms with Gasteiger partial charge in [0.2, 0.25) is 0 Å². The molecule has 7 heteroatoms. The van der Waals surface area contributed by atoms with Crippen LogP contribution in [-0.4, -0.2) is 39.7 Å². The van der Waals surface area contributed by atoms with E-state index in [2.05, 4.69) is 10.2 Å². The van der Waals surface area contributed by atoms with Crippen molar-refractivity contribution < 1.29 is 14.3 Å². The molecule has 0 N–H and O–H groups in total. The normalized spacial score (nSPS) is 15.0. The van der Waals surface area contributed by atoms with Crippen LogP contribution in [0.25, 0.3) is 11.4 Å². The zero-order valence-electron chi connectivity index (χ0n) is 15.3. The first-order chi connectivity index (χ1) is 12.7. The Labute approximate surface area is 158 Å². The maximum absolute atomic E-state index is 12.1. The average Bonchev–Trinajstić information content (AvgIpc) is 3.10. The predicted molar refractivity (Wildman–Crippen MR) is 101 cm³/mol. The summed E-state index contributed by atoms with van der Waals surface area (Å²) in [4.78, 5) is 12.1. The van der Waals surface area contributed by atoms with Gasteiger partial charge in [-0.1, -0.05) is 18.2 Å². The van der Waals surface area contributed by atoms with E-state index >= 15 is 0 Å². The van der Waals surface area contributed by atoms with Gasteiger partial charge in [0.15, 0.2) is 11.0 Å². The second kappa shape index (κ2) is 9.07. The van der Waals surface area contributed by atoms with Gasteiger partial charge in [-0.05, 0) is 56.9 Å². The summed E-state index contributed by atoms with van der Waals surface area (Å²) in [6.07, 6.45) is 5.62. The first-order valence-corrected chi connectivity index (χ1v) is 10.1. The van der Waals surface area contributed by atoms with Gasteiger partial charge in [0.25, 0.3) is 0 Å². The maximum Gasteiger partial charge on any atom is 0.316 e. The van der Waals surface area contributed by atoms with Crippen molar-refractivity contribution in [2.75, 3.05) is 12.9 Å². The second-order valence-electron chi connectivity index (χ2n) is 6.32. The van der Waals surface area contributed by atoms with E-state index in [1.807, 2.05) is 35.8 Å². The fourth-order valence-corrected chi connectivity index (χ4v) is 3.95. The minimum atomic E-state index is -0.168. The Balaban J connectivity index is 1.62. The molecule has 1 aliphatic carbocycles. The van der Waals surface area contributed by atoms with Crippen molar-refractivity contribution in [2.45, 2.75) is 56.8 Å². The number of rotatable bonds is 7. The van der Waals surface area contributed by atoms with E-state index in [1.54, 1.807) is 7.11 Å². The highest BCUT2D eigenvalue weighted by atomic mass is 32.2. The summed E-state index contributed by atoms with van der Waals surface area (Å²) in [5.41, 5.74) is 0.969. The molecule has 3 rings (SSSR count). The van der Waals surface area contributed by atoms with Gasteiger partial charge in [0.05, 0.1) is 12.9 Å². The number of nitrogens with zero attached hydrogens (tertiary/aromatic N) is 3. The molecule has 0 radical (unpaired) electrons. The molecular formula is C19H25N3O3S. The van der Waals surface area contributed by atoms with Crippen molar-refractivity contribution >= 4 is 17.7 Å². The number of benzene rings is 1. The van der Waals surface area contributed by atoms with Crippen LogP contribution in [-0.2, 0) is 16.1 Å². The lowest BCUT2D eigenvalue weighted by molar-refractivity contribution is -0.147. The summed E-state index contributed by atoms with van der Waals surface area (Å²) in [5.74, 6) is 1.69. The first-order valence-electron chi connectivity index (χ1n) is 9.11. The quantitative estimate of drug-likeness (QED) is 0.539. The molecule has 1 saturated carbocycles. The fourth-order valence-electron chi connectivity index (χ4n) is 3.16. The van der Waals surface area contributed by atoms with Crippen molar-refractivity contribution in [3.63, 3.8) is 0 Å². The zero-order valence-corrected chi connectivity index (χ0v) is 16.1. The van der Waals surface area contributed by atoms with Crippen LogP contribution in [0.2, 0.25) is 0 Å². The highest BCUT2D eigenvalue weighted by molar-refractivity contribution is 7.99. The van der Waals surface area contributed by atoms with Gasteiger partial charge < -0.3 is 14.0 Å². The largest absolute Gasteiger partial charge is 0.497 e. The number of hydrogen-bond donors (Lipinski definition) is 0. The third-order valence-electron chi connectivity index (χ3n) is 4.55. The van der Waals surface area contributed by atoms with E-state index in [1.165, 1.54) is 18.2 Å². The third kappa shape index (κ3) is 4.58. The van der Waals surface area contributed by atoms with E-state index in [4.69, 9.17) is 9.47 Å². The Kier molecular flexibility index (Phi) is 6.55. The molecule has 0 bridgehead atoms. The molecule has 140 valence electrons. The average molecular weight is 375 g/mol. The Bertz CT molecular complexity index is 724. The monoisotopic (exact) mass is 375 g/mol. The van der Waals surface area contributed by atoms with E-state index in [9.17, 15) is 4.79 Å². The van der Waals surface area contributed by atoms with Gasteiger partial charge in [-0.25, -0.2) is 0 Å². The van der Waals surface area contributed by atoms with Gasteiger partial charge in [0, 0.05) is 12.1 Å². The minimum Gasteiger partial charge on any atom is -0.497 e. The number of esters is 1. The van der Waals surface area contributed by atoms with Crippen molar-refractivity contribution in [2.24, 2.45) is 0 Å². The van der Waals surface area contributed by atoms with Crippen LogP contribution in [0.3, 0.4) is 0 Å². The smallest absolute Gasteiger partial charge is 0.316 e. The van der Waals surface area contributed by atoms with Crippen molar-refractivity contribution in [1.82, 2.24) is 14.8 Å². The summed E-state index contributed by atoms with van der Waals surface area (Å²) in [6.45, 7) is 2.77. The van der Waals surface area contributed by atoms with Crippen LogP contribution < -0.4 is 4.74 Å². The Morgan fingerprint density at radius 3 is 2.58 bits per heavy atom. The van der Waals surface area contributed by atoms with Crippen LogP contribution in [0.4, 0.5) is 0 Å². The van der Waals surface area contributed by atoms with Crippen molar-refractivity contribution in [3.05, 3.63) is 24.3 Å². The summed E-state index contributed by atoms with van der Waals surface area (Å²) >= 11 is 1.38. The van der Waals surface area contributed by atoms with Crippen LogP contribution in [0, 0.1) is 0 Å². The molecule has 0 saturated heterocycles. The predicted octanol–water partition coefficient (Wildman–Crippen LogP) is 3.94. The lowest BCUT2D eigenvalue weighted by atomic mass is 9.98. The van der Waals surface area contributed by atoms with Crippen LogP contribution in [0.5, 0.6) is 5.75 Å². The minimum absolute atomic E-state index is 0.0933. The molecule has 6 nitrogen and oxygen atoms in total. The van der Waals surface area contributed by atoms with Gasteiger partial charge in [-0.3, -0.25) is 4.79 Å². The summed E-state index contributed by atoms with van der Waals surface area (Å²) in [7, 11) is 1.64. The number of ether oxygens (including phenoxy) is 2. The van der Waals surface area contributed by atoms with Gasteiger partial charge >= 0.3 is 5.97 Å². The molecule has 1 aromatic carbocycles. The van der Waals surface area contributed by atoms with Crippen LogP contribution in [0.15, 0.2) is 29.4 Å². The highest BCUT2D eigenvalue weighted by Crippen LogP contribution is 2.26. The Morgan fingerprint density at radius 1 is 1.19 bits per heavy atom. The molecule has 1 aliphatic rings. The SMILES string of the molecule is CCn1c(SCC(=O)OC2CCCCC2)nnc1-c1ccc(OC)cc1.